The van der Waals surface area contributed by atoms with Gasteiger partial charge in [0.15, 0.2) is 0 Å². The van der Waals surface area contributed by atoms with Gasteiger partial charge in [0.1, 0.15) is 0 Å². The van der Waals surface area contributed by atoms with E-state index in [0.717, 1.165) is 12.8 Å². The first-order valence-electron chi connectivity index (χ1n) is 7.15. The lowest BCUT2D eigenvalue weighted by molar-refractivity contribution is -0.139. The highest BCUT2D eigenvalue weighted by Gasteiger charge is 2.19. The molecule has 0 unspecified atom stereocenters. The highest BCUT2D eigenvalue weighted by molar-refractivity contribution is 7.89. The van der Waals surface area contributed by atoms with E-state index in [9.17, 15) is 18.0 Å². The summed E-state index contributed by atoms with van der Waals surface area (Å²) in [6, 6.07) is 5.72. The summed E-state index contributed by atoms with van der Waals surface area (Å²) in [5, 5.41) is 9.97. The Labute approximate surface area is 134 Å². The molecule has 1 heterocycles. The Bertz CT molecular complexity index is 666. The van der Waals surface area contributed by atoms with Crippen molar-refractivity contribution < 1.29 is 22.7 Å². The molecule has 0 spiro atoms. The van der Waals surface area contributed by atoms with E-state index < -0.39 is 21.8 Å². The zero-order valence-corrected chi connectivity index (χ0v) is 13.3. The van der Waals surface area contributed by atoms with E-state index in [1.807, 2.05) is 0 Å². The van der Waals surface area contributed by atoms with Crippen LogP contribution in [0.5, 0.6) is 0 Å². The monoisotopic (exact) mass is 341 g/mol. The fraction of sp³-hybridized carbons (Fsp3) is 0.429. The molecule has 23 heavy (non-hydrogen) atoms. The Morgan fingerprint density at radius 3 is 2.39 bits per heavy atom. The third-order valence-corrected chi connectivity index (χ3v) is 4.35. The van der Waals surface area contributed by atoms with Crippen molar-refractivity contribution in [1.82, 2.24) is 10.6 Å². The van der Waals surface area contributed by atoms with Crippen molar-refractivity contribution in [1.29, 1.82) is 0 Å². The Morgan fingerprint density at radius 1 is 1.17 bits per heavy atom. The van der Waals surface area contributed by atoms with Crippen molar-refractivity contribution in [2.24, 2.45) is 5.14 Å². The number of carbonyl (C=O) groups excluding carboxylic acids is 2. The molecular weight excluding hydrogens is 322 g/mol. The maximum atomic E-state index is 11.7. The smallest absolute Gasteiger partial charge is 0.309 e. The van der Waals surface area contributed by atoms with Gasteiger partial charge in [-0.25, -0.2) is 13.6 Å². The molecule has 8 nitrogen and oxygen atoms in total. The van der Waals surface area contributed by atoms with E-state index in [-0.39, 0.29) is 17.5 Å². The summed E-state index contributed by atoms with van der Waals surface area (Å²) in [5.41, 5.74) is 0.651. The van der Waals surface area contributed by atoms with Gasteiger partial charge in [-0.05, 0) is 30.5 Å². The fourth-order valence-electron chi connectivity index (χ4n) is 2.15. The summed E-state index contributed by atoms with van der Waals surface area (Å²) in [5.74, 6) is -1.47. The minimum absolute atomic E-state index is 0.0121. The molecule has 0 saturated carbocycles. The van der Waals surface area contributed by atoms with Crippen LogP contribution in [0.25, 0.3) is 0 Å². The molecule has 1 atom stereocenters. The number of benzene rings is 1. The number of nitrogens with one attached hydrogen (secondary N) is 2. The molecule has 0 aliphatic carbocycles. The Hall–Kier alpha value is -1.97. The van der Waals surface area contributed by atoms with Gasteiger partial charge < -0.3 is 15.4 Å². The zero-order valence-electron chi connectivity index (χ0n) is 12.4. The van der Waals surface area contributed by atoms with Gasteiger partial charge in [0.05, 0.1) is 11.0 Å². The van der Waals surface area contributed by atoms with Crippen LogP contribution in [-0.4, -0.2) is 39.5 Å². The molecule has 1 saturated heterocycles. The quantitative estimate of drug-likeness (QED) is 0.607. The van der Waals surface area contributed by atoms with Gasteiger partial charge in [-0.15, -0.1) is 0 Å². The molecule has 9 heteroatoms. The molecule has 0 bridgehead atoms. The van der Waals surface area contributed by atoms with Crippen molar-refractivity contribution in [3.8, 4) is 0 Å². The van der Waals surface area contributed by atoms with Gasteiger partial charge >= 0.3 is 11.8 Å². The second kappa shape index (κ2) is 7.53. The first-order valence-corrected chi connectivity index (χ1v) is 8.70. The number of rotatable bonds is 5. The first-order chi connectivity index (χ1) is 10.9. The number of nitrogens with two attached hydrogens (primary N) is 1. The molecule has 1 fully saturated rings. The first kappa shape index (κ1) is 17.4. The van der Waals surface area contributed by atoms with Gasteiger partial charge in [-0.3, -0.25) is 9.59 Å². The topological polar surface area (TPSA) is 128 Å². The summed E-state index contributed by atoms with van der Waals surface area (Å²) >= 11 is 0. The van der Waals surface area contributed by atoms with Crippen molar-refractivity contribution in [3.63, 3.8) is 0 Å². The van der Waals surface area contributed by atoms with Crippen molar-refractivity contribution in [2.75, 3.05) is 13.2 Å². The van der Waals surface area contributed by atoms with Crippen LogP contribution in [0.1, 0.15) is 18.4 Å². The molecule has 2 rings (SSSR count). The third kappa shape index (κ3) is 5.31. The van der Waals surface area contributed by atoms with Crippen LogP contribution in [0.4, 0.5) is 0 Å². The average molecular weight is 341 g/mol. The Kier molecular flexibility index (Phi) is 5.69. The molecule has 2 amide bonds. The van der Waals surface area contributed by atoms with Crippen LogP contribution >= 0.6 is 0 Å². The van der Waals surface area contributed by atoms with Crippen LogP contribution in [-0.2, 0) is 30.9 Å². The number of carbonyl (C=O) groups is 2. The van der Waals surface area contributed by atoms with Gasteiger partial charge in [0, 0.05) is 19.7 Å². The largest absolute Gasteiger partial charge is 0.376 e. The molecule has 1 aromatic carbocycles. The van der Waals surface area contributed by atoms with Gasteiger partial charge in [-0.1, -0.05) is 12.1 Å². The summed E-state index contributed by atoms with van der Waals surface area (Å²) in [6.45, 7) is 1.10. The predicted molar refractivity (Wildman–Crippen MR) is 81.6 cm³/mol. The summed E-state index contributed by atoms with van der Waals surface area (Å²) in [6.07, 6.45) is 1.80. The molecule has 0 aromatic heterocycles. The molecule has 1 aliphatic rings. The number of amides is 2. The standard InChI is InChI=1S/C14H19N3O5S/c15-23(20,21)12-5-3-10(4-6-12)8-16-13(18)14(19)17-9-11-2-1-7-22-11/h3-6,11H,1-2,7-9H2,(H,16,18)(H,17,19)(H2,15,20,21)/t11-/m1/s1. The van der Waals surface area contributed by atoms with E-state index in [1.165, 1.54) is 24.3 Å². The molecule has 1 aliphatic heterocycles. The second-order valence-electron chi connectivity index (χ2n) is 5.22. The highest BCUT2D eigenvalue weighted by Crippen LogP contribution is 2.10. The highest BCUT2D eigenvalue weighted by atomic mass is 32.2. The van der Waals surface area contributed by atoms with Crippen molar-refractivity contribution in [2.45, 2.75) is 30.4 Å². The summed E-state index contributed by atoms with van der Waals surface area (Å²) in [4.78, 5) is 23.3. The van der Waals surface area contributed by atoms with Crippen molar-refractivity contribution >= 4 is 21.8 Å². The zero-order chi connectivity index (χ0) is 16.9. The molecule has 4 N–H and O–H groups in total. The Balaban J connectivity index is 1.78. The van der Waals surface area contributed by atoms with E-state index in [2.05, 4.69) is 10.6 Å². The summed E-state index contributed by atoms with van der Waals surface area (Å²) in [7, 11) is -3.74. The van der Waals surface area contributed by atoms with E-state index >= 15 is 0 Å². The maximum absolute atomic E-state index is 11.7. The minimum atomic E-state index is -3.74. The predicted octanol–water partition coefficient (Wildman–Crippen LogP) is -0.755. The maximum Gasteiger partial charge on any atom is 0.309 e. The van der Waals surface area contributed by atoms with E-state index in [4.69, 9.17) is 9.88 Å². The van der Waals surface area contributed by atoms with E-state index in [1.54, 1.807) is 0 Å². The van der Waals surface area contributed by atoms with Crippen LogP contribution in [0.3, 0.4) is 0 Å². The molecular formula is C14H19N3O5S. The normalized spacial score (nSPS) is 17.7. The molecule has 1 aromatic rings. The van der Waals surface area contributed by atoms with Crippen molar-refractivity contribution in [3.05, 3.63) is 29.8 Å². The SMILES string of the molecule is NS(=O)(=O)c1ccc(CNC(=O)C(=O)NC[C@H]2CCCO2)cc1. The van der Waals surface area contributed by atoms with Crippen LogP contribution in [0, 0.1) is 0 Å². The number of ether oxygens (including phenoxy) is 1. The Morgan fingerprint density at radius 2 is 1.83 bits per heavy atom. The lowest BCUT2D eigenvalue weighted by atomic mass is 10.2. The fourth-order valence-corrected chi connectivity index (χ4v) is 2.67. The van der Waals surface area contributed by atoms with Gasteiger partial charge in [0.25, 0.3) is 0 Å². The summed E-state index contributed by atoms with van der Waals surface area (Å²) < 4.78 is 27.6. The minimum Gasteiger partial charge on any atom is -0.376 e. The number of sulfonamides is 1. The third-order valence-electron chi connectivity index (χ3n) is 3.43. The van der Waals surface area contributed by atoms with Crippen LogP contribution in [0.2, 0.25) is 0 Å². The number of primary sulfonamides is 1. The van der Waals surface area contributed by atoms with Gasteiger partial charge in [0.2, 0.25) is 10.0 Å². The number of hydrogen-bond donors (Lipinski definition) is 3. The van der Waals surface area contributed by atoms with E-state index in [0.29, 0.717) is 18.7 Å². The number of hydrogen-bond acceptors (Lipinski definition) is 5. The average Bonchev–Trinajstić information content (AvgIpc) is 3.03. The second-order valence-corrected chi connectivity index (χ2v) is 6.78. The lowest BCUT2D eigenvalue weighted by Crippen LogP contribution is -2.42. The lowest BCUT2D eigenvalue weighted by Gasteiger charge is -2.10. The van der Waals surface area contributed by atoms with Crippen LogP contribution < -0.4 is 15.8 Å². The molecule has 0 radical (unpaired) electrons. The molecule has 126 valence electrons. The van der Waals surface area contributed by atoms with Crippen LogP contribution in [0.15, 0.2) is 29.2 Å². The van der Waals surface area contributed by atoms with Gasteiger partial charge in [-0.2, -0.15) is 0 Å².